The number of hydrogen-bond donors (Lipinski definition) is 5. The van der Waals surface area contributed by atoms with E-state index in [1.54, 1.807) is 6.92 Å². The number of carbonyl (C=O) groups excluding carboxylic acids is 4. The van der Waals surface area contributed by atoms with Crippen LogP contribution in [0.2, 0.25) is 0 Å². The van der Waals surface area contributed by atoms with Crippen molar-refractivity contribution in [3.05, 3.63) is 0 Å². The summed E-state index contributed by atoms with van der Waals surface area (Å²) in [5, 5.41) is 7.23. The molecule has 2 unspecified atom stereocenters. The Morgan fingerprint density at radius 2 is 2.00 bits per heavy atom. The first kappa shape index (κ1) is 23.7. The van der Waals surface area contributed by atoms with Gasteiger partial charge in [0.2, 0.25) is 11.8 Å². The van der Waals surface area contributed by atoms with Crippen molar-refractivity contribution in [2.45, 2.75) is 51.1 Å². The topological polar surface area (TPSA) is 178 Å². The van der Waals surface area contributed by atoms with Gasteiger partial charge in [-0.1, -0.05) is 12.3 Å². The van der Waals surface area contributed by atoms with Crippen LogP contribution in [0.4, 0.5) is 4.79 Å². The van der Waals surface area contributed by atoms with Crippen molar-refractivity contribution in [2.75, 3.05) is 13.2 Å². The lowest BCUT2D eigenvalue weighted by Crippen LogP contribution is -2.45. The van der Waals surface area contributed by atoms with E-state index in [4.69, 9.17) is 22.6 Å². The Hall–Kier alpha value is -3.29. The zero-order valence-corrected chi connectivity index (χ0v) is 16.4. The first-order chi connectivity index (χ1) is 13.7. The van der Waals surface area contributed by atoms with E-state index in [1.807, 2.05) is 0 Å². The van der Waals surface area contributed by atoms with E-state index >= 15 is 0 Å². The first-order valence-electron chi connectivity index (χ1n) is 9.33. The summed E-state index contributed by atoms with van der Waals surface area (Å²) in [6.07, 6.45) is 7.72. The summed E-state index contributed by atoms with van der Waals surface area (Å²) in [5.74, 6) is 0.557. The fourth-order valence-electron chi connectivity index (χ4n) is 2.97. The minimum Gasteiger partial charge on any atom is -0.466 e. The average molecular weight is 408 g/mol. The maximum Gasteiger partial charge on any atom is 0.318 e. The molecule has 0 radical (unpaired) electrons. The number of carbonyl (C=O) groups is 4. The monoisotopic (exact) mass is 408 g/mol. The largest absolute Gasteiger partial charge is 0.466 e. The Morgan fingerprint density at radius 3 is 2.62 bits per heavy atom. The molecular weight excluding hydrogens is 380 g/mol. The van der Waals surface area contributed by atoms with Gasteiger partial charge < -0.3 is 26.8 Å². The number of ether oxygens (including phenoxy) is 1. The molecule has 1 fully saturated rings. The second kappa shape index (κ2) is 12.2. The average Bonchev–Trinajstić information content (AvgIpc) is 2.65. The van der Waals surface area contributed by atoms with Gasteiger partial charge in [-0.05, 0) is 26.2 Å². The van der Waals surface area contributed by atoms with Crippen molar-refractivity contribution < 1.29 is 23.9 Å². The number of nitrogens with one attached hydrogen (secondary N) is 3. The van der Waals surface area contributed by atoms with E-state index in [0.717, 1.165) is 12.8 Å². The molecule has 3 atom stereocenters. The third kappa shape index (κ3) is 9.46. The second-order valence-corrected chi connectivity index (χ2v) is 6.53. The summed E-state index contributed by atoms with van der Waals surface area (Å²) < 4.78 is 4.79. The summed E-state index contributed by atoms with van der Waals surface area (Å²) in [6, 6.07) is -1.85. The molecule has 29 heavy (non-hydrogen) atoms. The SMILES string of the molecule is C#C[C@H](CC(=O)OCC)NC(=O)CNC(=O)C1CCCC(N=C(N)NC(N)=O)C1. The molecule has 0 saturated heterocycles. The molecule has 0 aromatic heterocycles. The molecule has 0 spiro atoms. The maximum absolute atomic E-state index is 12.4. The highest BCUT2D eigenvalue weighted by molar-refractivity contribution is 5.94. The van der Waals surface area contributed by atoms with Gasteiger partial charge >= 0.3 is 12.0 Å². The van der Waals surface area contributed by atoms with Gasteiger partial charge in [0, 0.05) is 5.92 Å². The number of esters is 1. The molecular formula is C18H28N6O5. The predicted molar refractivity (Wildman–Crippen MR) is 105 cm³/mol. The summed E-state index contributed by atoms with van der Waals surface area (Å²) in [6.45, 7) is 1.62. The molecule has 1 aliphatic carbocycles. The highest BCUT2D eigenvalue weighted by Crippen LogP contribution is 2.26. The summed E-state index contributed by atoms with van der Waals surface area (Å²) in [5.41, 5.74) is 10.6. The van der Waals surface area contributed by atoms with E-state index in [1.165, 1.54) is 0 Å². The number of guanidine groups is 1. The van der Waals surface area contributed by atoms with Crippen molar-refractivity contribution in [2.24, 2.45) is 22.4 Å². The Morgan fingerprint density at radius 1 is 1.28 bits per heavy atom. The van der Waals surface area contributed by atoms with Gasteiger partial charge in [0.1, 0.15) is 6.04 Å². The van der Waals surface area contributed by atoms with Crippen molar-refractivity contribution in [3.8, 4) is 12.3 Å². The van der Waals surface area contributed by atoms with Crippen LogP contribution in [0.25, 0.3) is 0 Å². The van der Waals surface area contributed by atoms with Crippen LogP contribution in [0.5, 0.6) is 0 Å². The van der Waals surface area contributed by atoms with Crippen LogP contribution in [-0.4, -0.2) is 55.0 Å². The Labute approximate surface area is 169 Å². The summed E-state index contributed by atoms with van der Waals surface area (Å²) >= 11 is 0. The number of amides is 4. The van der Waals surface area contributed by atoms with Crippen LogP contribution in [-0.2, 0) is 19.1 Å². The molecule has 0 aromatic rings. The van der Waals surface area contributed by atoms with Gasteiger partial charge in [-0.2, -0.15) is 0 Å². The third-order valence-electron chi connectivity index (χ3n) is 4.23. The maximum atomic E-state index is 12.4. The molecule has 11 nitrogen and oxygen atoms in total. The van der Waals surface area contributed by atoms with Gasteiger partial charge in [-0.3, -0.25) is 19.7 Å². The third-order valence-corrected chi connectivity index (χ3v) is 4.23. The van der Waals surface area contributed by atoms with Crippen LogP contribution in [0, 0.1) is 18.3 Å². The highest BCUT2D eigenvalue weighted by atomic mass is 16.5. The lowest BCUT2D eigenvalue weighted by Gasteiger charge is -2.26. The summed E-state index contributed by atoms with van der Waals surface area (Å²) in [4.78, 5) is 50.7. The number of primary amides is 1. The van der Waals surface area contributed by atoms with Crippen molar-refractivity contribution in [1.29, 1.82) is 0 Å². The molecule has 1 saturated carbocycles. The van der Waals surface area contributed by atoms with E-state index in [0.29, 0.717) is 12.8 Å². The lowest BCUT2D eigenvalue weighted by atomic mass is 9.85. The minimum atomic E-state index is -0.812. The van der Waals surface area contributed by atoms with Crippen molar-refractivity contribution in [3.63, 3.8) is 0 Å². The standard InChI is InChI=1S/C18H28N6O5/c1-3-12(9-15(26)29-4-2)22-14(25)10-21-16(27)11-6-5-7-13(8-11)23-17(19)24-18(20)28/h1,11-13H,4-10H2,2H3,(H,21,27)(H,22,25)(H5,19,20,23,24,28)/t11?,12-,13?/m1/s1. The lowest BCUT2D eigenvalue weighted by molar-refractivity contribution is -0.143. The first-order valence-corrected chi connectivity index (χ1v) is 9.33. The zero-order valence-electron chi connectivity index (χ0n) is 16.4. The normalized spacial score (nSPS) is 19.9. The van der Waals surface area contributed by atoms with Crippen LogP contribution in [0.15, 0.2) is 4.99 Å². The Bertz CT molecular complexity index is 687. The Balaban J connectivity index is 2.46. The number of aliphatic imine (C=N–C) groups is 1. The molecule has 7 N–H and O–H groups in total. The van der Waals surface area contributed by atoms with Crippen molar-refractivity contribution >= 4 is 29.8 Å². The number of nitrogens with zero attached hydrogens (tertiary/aromatic N) is 1. The van der Waals surface area contributed by atoms with Gasteiger partial charge in [0.15, 0.2) is 5.96 Å². The molecule has 11 heteroatoms. The molecule has 0 aromatic carbocycles. The smallest absolute Gasteiger partial charge is 0.318 e. The van der Waals surface area contributed by atoms with Crippen LogP contribution in [0.1, 0.15) is 39.0 Å². The molecule has 4 amide bonds. The van der Waals surface area contributed by atoms with Crippen LogP contribution < -0.4 is 27.4 Å². The number of nitrogens with two attached hydrogens (primary N) is 2. The number of hydrogen-bond acceptors (Lipinski definition) is 6. The fraction of sp³-hybridized carbons (Fsp3) is 0.611. The van der Waals surface area contributed by atoms with E-state index in [9.17, 15) is 19.2 Å². The quantitative estimate of drug-likeness (QED) is 0.144. The molecule has 0 heterocycles. The molecule has 0 bridgehead atoms. The van der Waals surface area contributed by atoms with Gasteiger partial charge in [-0.25, -0.2) is 9.79 Å². The van der Waals surface area contributed by atoms with Gasteiger partial charge in [0.25, 0.3) is 0 Å². The number of terminal acetylenes is 1. The summed E-state index contributed by atoms with van der Waals surface area (Å²) in [7, 11) is 0. The second-order valence-electron chi connectivity index (χ2n) is 6.53. The minimum absolute atomic E-state index is 0.0927. The zero-order chi connectivity index (χ0) is 21.8. The Kier molecular flexibility index (Phi) is 10.0. The molecule has 1 rings (SSSR count). The predicted octanol–water partition coefficient (Wildman–Crippen LogP) is -1.28. The van der Waals surface area contributed by atoms with Crippen LogP contribution in [0.3, 0.4) is 0 Å². The van der Waals surface area contributed by atoms with Gasteiger partial charge in [-0.15, -0.1) is 6.42 Å². The number of rotatable bonds is 8. The molecule has 0 aliphatic heterocycles. The van der Waals surface area contributed by atoms with E-state index in [2.05, 4.69) is 26.9 Å². The van der Waals surface area contributed by atoms with E-state index < -0.39 is 23.9 Å². The molecule has 1 aliphatic rings. The van der Waals surface area contributed by atoms with Gasteiger partial charge in [0.05, 0.1) is 25.6 Å². The highest BCUT2D eigenvalue weighted by Gasteiger charge is 2.27. The number of urea groups is 1. The molecule has 160 valence electrons. The van der Waals surface area contributed by atoms with E-state index in [-0.39, 0.29) is 43.4 Å². The fourth-order valence-corrected chi connectivity index (χ4v) is 2.97. The van der Waals surface area contributed by atoms with Crippen molar-refractivity contribution in [1.82, 2.24) is 16.0 Å². The van der Waals surface area contributed by atoms with Crippen LogP contribution >= 0.6 is 0 Å².